The lowest BCUT2D eigenvalue weighted by Gasteiger charge is -2.20. The number of halogens is 3. The van der Waals surface area contributed by atoms with Gasteiger partial charge in [-0.1, -0.05) is 24.3 Å². The zero-order chi connectivity index (χ0) is 23.6. The number of alkyl halides is 3. The van der Waals surface area contributed by atoms with Gasteiger partial charge in [-0.2, -0.15) is 13.2 Å². The molecule has 0 radical (unpaired) electrons. The lowest BCUT2D eigenvalue weighted by Crippen LogP contribution is -2.49. The van der Waals surface area contributed by atoms with Crippen LogP contribution >= 0.6 is 0 Å². The molecule has 0 fully saturated rings. The summed E-state index contributed by atoms with van der Waals surface area (Å²) in [4.78, 5) is 27.0. The molecule has 0 aromatic heterocycles. The van der Waals surface area contributed by atoms with E-state index in [-0.39, 0.29) is 29.6 Å². The van der Waals surface area contributed by atoms with E-state index in [1.54, 1.807) is 31.3 Å². The molecule has 1 aliphatic heterocycles. The molecular formula is C24H19F3N2O4. The quantitative estimate of drug-likeness (QED) is 0.621. The van der Waals surface area contributed by atoms with Gasteiger partial charge in [-0.05, 0) is 48.5 Å². The highest BCUT2D eigenvalue weighted by atomic mass is 19.4. The summed E-state index contributed by atoms with van der Waals surface area (Å²) in [6, 6.07) is 16.5. The number of hydrogen-bond donors (Lipinski definition) is 1. The minimum absolute atomic E-state index is 0.0193. The van der Waals surface area contributed by atoms with E-state index in [0.29, 0.717) is 11.4 Å². The van der Waals surface area contributed by atoms with Gasteiger partial charge in [-0.25, -0.2) is 0 Å². The van der Waals surface area contributed by atoms with Crippen LogP contribution in [0.1, 0.15) is 15.9 Å². The fourth-order valence-electron chi connectivity index (χ4n) is 3.37. The summed E-state index contributed by atoms with van der Waals surface area (Å²) in [5.41, 5.74) is -0.0710. The van der Waals surface area contributed by atoms with Gasteiger partial charge in [0.05, 0.1) is 11.3 Å². The number of hydrogen-bond acceptors (Lipinski definition) is 4. The molecule has 0 spiro atoms. The van der Waals surface area contributed by atoms with Crippen LogP contribution in [0.25, 0.3) is 0 Å². The van der Waals surface area contributed by atoms with E-state index >= 15 is 0 Å². The molecule has 0 bridgehead atoms. The van der Waals surface area contributed by atoms with E-state index in [1.165, 1.54) is 41.3 Å². The summed E-state index contributed by atoms with van der Waals surface area (Å²) < 4.78 is 50.0. The van der Waals surface area contributed by atoms with Crippen molar-refractivity contribution in [2.24, 2.45) is 0 Å². The van der Waals surface area contributed by atoms with Crippen LogP contribution in [-0.4, -0.2) is 31.5 Å². The van der Waals surface area contributed by atoms with E-state index in [0.717, 1.165) is 12.1 Å². The van der Waals surface area contributed by atoms with Crippen molar-refractivity contribution in [2.45, 2.75) is 12.2 Å². The van der Waals surface area contributed by atoms with Crippen LogP contribution in [-0.2, 0) is 11.0 Å². The Morgan fingerprint density at radius 2 is 1.73 bits per heavy atom. The maximum Gasteiger partial charge on any atom is 0.416 e. The number of likely N-dealkylation sites (N-methyl/N-ethyl adjacent to an activating group) is 1. The molecule has 1 aliphatic rings. The van der Waals surface area contributed by atoms with Crippen molar-refractivity contribution in [1.82, 2.24) is 5.32 Å². The number of benzene rings is 3. The lowest BCUT2D eigenvalue weighted by atomic mass is 10.1. The number of para-hydroxylation sites is 2. The molecule has 3 aromatic carbocycles. The number of anilines is 1. The molecule has 0 aliphatic carbocycles. The maximum absolute atomic E-state index is 12.9. The molecule has 170 valence electrons. The molecule has 0 saturated carbocycles. The number of nitrogens with zero attached hydrogens (tertiary/aromatic N) is 1. The highest BCUT2D eigenvalue weighted by Gasteiger charge is 2.31. The second-order valence-electron chi connectivity index (χ2n) is 7.36. The Balaban J connectivity index is 1.48. The Labute approximate surface area is 187 Å². The lowest BCUT2D eigenvalue weighted by molar-refractivity contribution is -0.137. The minimum atomic E-state index is -4.50. The first-order valence-electron chi connectivity index (χ1n) is 9.98. The first-order chi connectivity index (χ1) is 15.7. The molecule has 6 nitrogen and oxygen atoms in total. The first-order valence-corrected chi connectivity index (χ1v) is 9.98. The fraction of sp³-hybridized carbons (Fsp3) is 0.167. The van der Waals surface area contributed by atoms with Crippen molar-refractivity contribution in [2.75, 3.05) is 18.6 Å². The van der Waals surface area contributed by atoms with Crippen LogP contribution in [0.3, 0.4) is 0 Å². The molecule has 33 heavy (non-hydrogen) atoms. The number of rotatable bonds is 4. The average molecular weight is 456 g/mol. The summed E-state index contributed by atoms with van der Waals surface area (Å²) in [6.07, 6.45) is -4.50. The minimum Gasteiger partial charge on any atom is -0.489 e. The number of fused-ring (bicyclic) bond motifs is 1. The van der Waals surface area contributed by atoms with Crippen LogP contribution < -0.4 is 19.7 Å². The Morgan fingerprint density at radius 3 is 2.48 bits per heavy atom. The smallest absolute Gasteiger partial charge is 0.416 e. The van der Waals surface area contributed by atoms with Crippen LogP contribution in [0, 0.1) is 0 Å². The predicted molar refractivity (Wildman–Crippen MR) is 115 cm³/mol. The second kappa shape index (κ2) is 8.85. The maximum atomic E-state index is 12.9. The van der Waals surface area contributed by atoms with Crippen LogP contribution in [0.15, 0.2) is 72.8 Å². The van der Waals surface area contributed by atoms with Gasteiger partial charge in [0.2, 0.25) is 0 Å². The van der Waals surface area contributed by atoms with Gasteiger partial charge in [0.1, 0.15) is 29.9 Å². The zero-order valence-electron chi connectivity index (χ0n) is 17.4. The molecule has 9 heteroatoms. The molecule has 1 atom stereocenters. The largest absolute Gasteiger partial charge is 0.489 e. The molecule has 1 N–H and O–H groups in total. The van der Waals surface area contributed by atoms with Gasteiger partial charge in [0.25, 0.3) is 11.8 Å². The van der Waals surface area contributed by atoms with Crippen LogP contribution in [0.5, 0.6) is 17.2 Å². The van der Waals surface area contributed by atoms with Gasteiger partial charge >= 0.3 is 6.18 Å². The molecule has 0 saturated heterocycles. The Kier molecular flexibility index (Phi) is 5.95. The van der Waals surface area contributed by atoms with Crippen molar-refractivity contribution in [3.8, 4) is 17.2 Å². The van der Waals surface area contributed by atoms with Gasteiger partial charge in [-0.15, -0.1) is 0 Å². The summed E-state index contributed by atoms with van der Waals surface area (Å²) in [6.45, 7) is -0.0493. The summed E-state index contributed by atoms with van der Waals surface area (Å²) in [7, 11) is 1.60. The average Bonchev–Trinajstić information content (AvgIpc) is 2.91. The summed E-state index contributed by atoms with van der Waals surface area (Å²) in [5.74, 6) is -0.207. The highest BCUT2D eigenvalue weighted by molar-refractivity contribution is 6.03. The first kappa shape index (κ1) is 22.2. The normalized spacial score (nSPS) is 15.8. The number of nitrogens with one attached hydrogen (secondary N) is 1. The molecule has 0 unspecified atom stereocenters. The number of amides is 2. The third-order valence-corrected chi connectivity index (χ3v) is 5.06. The van der Waals surface area contributed by atoms with Crippen molar-refractivity contribution >= 4 is 17.5 Å². The van der Waals surface area contributed by atoms with Crippen LogP contribution in [0.2, 0.25) is 0 Å². The van der Waals surface area contributed by atoms with Crippen molar-refractivity contribution in [1.29, 1.82) is 0 Å². The zero-order valence-corrected chi connectivity index (χ0v) is 17.4. The van der Waals surface area contributed by atoms with E-state index < -0.39 is 23.7 Å². The molecule has 1 heterocycles. The van der Waals surface area contributed by atoms with Gasteiger partial charge < -0.3 is 19.7 Å². The van der Waals surface area contributed by atoms with Crippen molar-refractivity contribution in [3.05, 3.63) is 83.9 Å². The SMILES string of the molecule is CN1C(=O)[C@@H](NC(=O)c2cccc(Oc3cccc(C(F)(F)F)c3)c2)COc2ccccc21. The van der Waals surface area contributed by atoms with Gasteiger partial charge in [-0.3, -0.25) is 9.59 Å². The van der Waals surface area contributed by atoms with E-state index in [2.05, 4.69) is 5.32 Å². The van der Waals surface area contributed by atoms with E-state index in [4.69, 9.17) is 9.47 Å². The Hall–Kier alpha value is -4.01. The van der Waals surface area contributed by atoms with Crippen LogP contribution in [0.4, 0.5) is 18.9 Å². The third-order valence-electron chi connectivity index (χ3n) is 5.06. The third kappa shape index (κ3) is 4.92. The van der Waals surface area contributed by atoms with E-state index in [1.807, 2.05) is 0 Å². The summed E-state index contributed by atoms with van der Waals surface area (Å²) in [5, 5.41) is 2.65. The second-order valence-corrected chi connectivity index (χ2v) is 7.36. The fourth-order valence-corrected chi connectivity index (χ4v) is 3.37. The highest BCUT2D eigenvalue weighted by Crippen LogP contribution is 2.33. The number of carbonyl (C=O) groups is 2. The topological polar surface area (TPSA) is 67.9 Å². The molecule has 2 amide bonds. The molecule has 4 rings (SSSR count). The number of ether oxygens (including phenoxy) is 2. The summed E-state index contributed by atoms with van der Waals surface area (Å²) >= 11 is 0. The molecule has 3 aromatic rings. The Morgan fingerprint density at radius 1 is 1.03 bits per heavy atom. The Bertz CT molecular complexity index is 1200. The van der Waals surface area contributed by atoms with Gasteiger partial charge in [0.15, 0.2) is 0 Å². The van der Waals surface area contributed by atoms with Crippen molar-refractivity contribution in [3.63, 3.8) is 0 Å². The number of carbonyl (C=O) groups excluding carboxylic acids is 2. The molecular weight excluding hydrogens is 437 g/mol. The van der Waals surface area contributed by atoms with Gasteiger partial charge in [0, 0.05) is 12.6 Å². The standard InChI is InChI=1S/C24H19F3N2O4/c1-29-20-10-2-3-11-21(20)32-14-19(23(29)31)28-22(30)15-6-4-8-17(12-15)33-18-9-5-7-16(13-18)24(25,26)27/h2-13,19H,14H2,1H3,(H,28,30)/t19-/m0/s1. The monoisotopic (exact) mass is 456 g/mol. The predicted octanol–water partition coefficient (Wildman–Crippen LogP) is 4.65. The van der Waals surface area contributed by atoms with E-state index in [9.17, 15) is 22.8 Å². The van der Waals surface area contributed by atoms with Crippen molar-refractivity contribution < 1.29 is 32.2 Å².